The van der Waals surface area contributed by atoms with Gasteiger partial charge in [-0.05, 0) is 48.8 Å². The number of halogens is 1. The van der Waals surface area contributed by atoms with Crippen LogP contribution in [0.3, 0.4) is 0 Å². The molecule has 1 N–H and O–H groups in total. The fourth-order valence-electron chi connectivity index (χ4n) is 1.66. The van der Waals surface area contributed by atoms with Crippen LogP contribution < -0.4 is 5.32 Å². The SMILES string of the molecule is Cc1cnc(C(C)NC(C)c2ccc(Br)o2)o1. The molecule has 2 heterocycles. The van der Waals surface area contributed by atoms with Crippen molar-refractivity contribution >= 4 is 15.9 Å². The molecular weight excluding hydrogens is 284 g/mol. The maximum atomic E-state index is 5.49. The average molecular weight is 299 g/mol. The molecule has 0 aliphatic carbocycles. The Labute approximate surface area is 109 Å². The second-order valence-electron chi connectivity index (χ2n) is 4.06. The fourth-order valence-corrected chi connectivity index (χ4v) is 1.98. The Hall–Kier alpha value is -1.07. The number of aromatic nitrogens is 1. The first-order valence-corrected chi connectivity index (χ1v) is 6.29. The van der Waals surface area contributed by atoms with E-state index in [1.807, 2.05) is 32.9 Å². The first kappa shape index (κ1) is 12.4. The molecule has 0 aliphatic heterocycles. The van der Waals surface area contributed by atoms with Crippen LogP contribution in [0.5, 0.6) is 0 Å². The zero-order valence-electron chi connectivity index (χ0n) is 10.0. The van der Waals surface area contributed by atoms with Gasteiger partial charge < -0.3 is 8.83 Å². The van der Waals surface area contributed by atoms with Gasteiger partial charge >= 0.3 is 0 Å². The lowest BCUT2D eigenvalue weighted by Crippen LogP contribution is -2.22. The minimum Gasteiger partial charge on any atom is -0.453 e. The molecule has 0 saturated heterocycles. The van der Waals surface area contributed by atoms with Crippen LogP contribution in [0.4, 0.5) is 0 Å². The van der Waals surface area contributed by atoms with Gasteiger partial charge in [-0.2, -0.15) is 0 Å². The summed E-state index contributed by atoms with van der Waals surface area (Å²) in [6, 6.07) is 3.97. The third kappa shape index (κ3) is 2.98. The minimum atomic E-state index is 0.0441. The van der Waals surface area contributed by atoms with Gasteiger partial charge in [-0.3, -0.25) is 5.32 Å². The van der Waals surface area contributed by atoms with Crippen LogP contribution in [-0.2, 0) is 0 Å². The lowest BCUT2D eigenvalue weighted by molar-refractivity contribution is 0.349. The van der Waals surface area contributed by atoms with Gasteiger partial charge in [0.15, 0.2) is 4.67 Å². The molecule has 4 nitrogen and oxygen atoms in total. The highest BCUT2D eigenvalue weighted by molar-refractivity contribution is 9.10. The minimum absolute atomic E-state index is 0.0441. The van der Waals surface area contributed by atoms with E-state index < -0.39 is 0 Å². The molecule has 2 aromatic rings. The molecule has 5 heteroatoms. The summed E-state index contributed by atoms with van der Waals surface area (Å²) in [5.41, 5.74) is 0. The molecule has 2 unspecified atom stereocenters. The smallest absolute Gasteiger partial charge is 0.211 e. The Balaban J connectivity index is 2.01. The molecule has 2 aromatic heterocycles. The van der Waals surface area contributed by atoms with Crippen molar-refractivity contribution in [2.24, 2.45) is 0 Å². The Morgan fingerprint density at radius 3 is 2.53 bits per heavy atom. The van der Waals surface area contributed by atoms with Crippen LogP contribution in [0.15, 0.2) is 31.8 Å². The van der Waals surface area contributed by atoms with E-state index in [2.05, 4.69) is 26.2 Å². The fraction of sp³-hybridized carbons (Fsp3) is 0.417. The number of nitrogens with one attached hydrogen (secondary N) is 1. The Morgan fingerprint density at radius 2 is 2.00 bits per heavy atom. The van der Waals surface area contributed by atoms with Crippen molar-refractivity contribution in [3.63, 3.8) is 0 Å². The Kier molecular flexibility index (Phi) is 3.69. The molecule has 2 rings (SSSR count). The Bertz CT molecular complexity index is 448. The number of hydrogen-bond acceptors (Lipinski definition) is 4. The van der Waals surface area contributed by atoms with Gasteiger partial charge in [-0.25, -0.2) is 4.98 Å². The number of furan rings is 1. The van der Waals surface area contributed by atoms with E-state index in [0.29, 0.717) is 5.89 Å². The summed E-state index contributed by atoms with van der Waals surface area (Å²) in [6.07, 6.45) is 1.72. The summed E-state index contributed by atoms with van der Waals surface area (Å²) in [4.78, 5) is 4.20. The summed E-state index contributed by atoms with van der Waals surface area (Å²) in [7, 11) is 0. The van der Waals surface area contributed by atoms with E-state index in [1.54, 1.807) is 6.20 Å². The predicted molar refractivity (Wildman–Crippen MR) is 67.6 cm³/mol. The van der Waals surface area contributed by atoms with Crippen molar-refractivity contribution in [3.05, 3.63) is 40.4 Å². The van der Waals surface area contributed by atoms with E-state index in [9.17, 15) is 0 Å². The van der Waals surface area contributed by atoms with Gasteiger partial charge in [0.25, 0.3) is 0 Å². The highest BCUT2D eigenvalue weighted by atomic mass is 79.9. The lowest BCUT2D eigenvalue weighted by atomic mass is 10.2. The molecule has 0 fully saturated rings. The van der Waals surface area contributed by atoms with Crippen LogP contribution in [0.1, 0.15) is 43.3 Å². The highest BCUT2D eigenvalue weighted by Crippen LogP contribution is 2.23. The maximum Gasteiger partial charge on any atom is 0.211 e. The van der Waals surface area contributed by atoms with Crippen molar-refractivity contribution in [2.75, 3.05) is 0 Å². The third-order valence-corrected chi connectivity index (χ3v) is 2.96. The molecule has 0 bridgehead atoms. The molecule has 2 atom stereocenters. The summed E-state index contributed by atoms with van der Waals surface area (Å²) in [5.74, 6) is 2.40. The van der Waals surface area contributed by atoms with Gasteiger partial charge in [0.05, 0.1) is 18.3 Å². The van der Waals surface area contributed by atoms with Crippen molar-refractivity contribution in [1.82, 2.24) is 10.3 Å². The van der Waals surface area contributed by atoms with Crippen molar-refractivity contribution in [3.8, 4) is 0 Å². The van der Waals surface area contributed by atoms with Crippen molar-refractivity contribution < 1.29 is 8.83 Å². The van der Waals surface area contributed by atoms with Crippen LogP contribution in [0, 0.1) is 6.92 Å². The third-order valence-electron chi connectivity index (χ3n) is 2.53. The van der Waals surface area contributed by atoms with Gasteiger partial charge in [0, 0.05) is 0 Å². The van der Waals surface area contributed by atoms with Crippen LogP contribution in [0.2, 0.25) is 0 Å². The molecule has 17 heavy (non-hydrogen) atoms. The van der Waals surface area contributed by atoms with Crippen LogP contribution in [-0.4, -0.2) is 4.98 Å². The van der Waals surface area contributed by atoms with Gasteiger partial charge in [0.1, 0.15) is 11.5 Å². The summed E-state index contributed by atoms with van der Waals surface area (Å²) in [6.45, 7) is 5.94. The largest absolute Gasteiger partial charge is 0.453 e. The van der Waals surface area contributed by atoms with Crippen molar-refractivity contribution in [1.29, 1.82) is 0 Å². The second kappa shape index (κ2) is 5.06. The highest BCUT2D eigenvalue weighted by Gasteiger charge is 2.17. The van der Waals surface area contributed by atoms with Crippen LogP contribution in [0.25, 0.3) is 0 Å². The molecule has 0 amide bonds. The van der Waals surface area contributed by atoms with E-state index in [4.69, 9.17) is 8.83 Å². The number of rotatable bonds is 4. The summed E-state index contributed by atoms with van der Waals surface area (Å²) < 4.78 is 11.7. The quantitative estimate of drug-likeness (QED) is 0.934. The number of aryl methyl sites for hydroxylation is 1. The first-order valence-electron chi connectivity index (χ1n) is 5.50. The Morgan fingerprint density at radius 1 is 1.24 bits per heavy atom. The molecular formula is C12H15BrN2O2. The average Bonchev–Trinajstić information content (AvgIpc) is 2.87. The summed E-state index contributed by atoms with van der Waals surface area (Å²) in [5, 5.41) is 3.37. The zero-order valence-corrected chi connectivity index (χ0v) is 11.6. The summed E-state index contributed by atoms with van der Waals surface area (Å²) >= 11 is 3.29. The van der Waals surface area contributed by atoms with Gasteiger partial charge in [0.2, 0.25) is 5.89 Å². The van der Waals surface area contributed by atoms with E-state index in [0.717, 1.165) is 16.2 Å². The molecule has 0 aliphatic rings. The maximum absolute atomic E-state index is 5.49. The molecule has 0 radical (unpaired) electrons. The predicted octanol–water partition coefficient (Wildman–Crippen LogP) is 3.75. The zero-order chi connectivity index (χ0) is 12.4. The molecule has 0 saturated carbocycles. The second-order valence-corrected chi connectivity index (χ2v) is 4.84. The van der Waals surface area contributed by atoms with E-state index in [1.165, 1.54) is 0 Å². The number of oxazole rings is 1. The number of nitrogens with zero attached hydrogens (tertiary/aromatic N) is 1. The van der Waals surface area contributed by atoms with E-state index in [-0.39, 0.29) is 12.1 Å². The molecule has 0 aromatic carbocycles. The van der Waals surface area contributed by atoms with Gasteiger partial charge in [-0.15, -0.1) is 0 Å². The van der Waals surface area contributed by atoms with Gasteiger partial charge in [-0.1, -0.05) is 0 Å². The molecule has 92 valence electrons. The van der Waals surface area contributed by atoms with E-state index >= 15 is 0 Å². The standard InChI is InChI=1S/C12H15BrN2O2/c1-7-6-14-12(16-7)9(3)15-8(2)10-4-5-11(13)17-10/h4-6,8-9,15H,1-3H3. The lowest BCUT2D eigenvalue weighted by Gasteiger charge is -2.15. The topological polar surface area (TPSA) is 51.2 Å². The van der Waals surface area contributed by atoms with Crippen molar-refractivity contribution in [2.45, 2.75) is 32.9 Å². The first-order chi connectivity index (χ1) is 8.06. The van der Waals surface area contributed by atoms with Crippen LogP contribution >= 0.6 is 15.9 Å². The normalized spacial score (nSPS) is 14.8. The number of hydrogen-bond donors (Lipinski definition) is 1. The molecule has 0 spiro atoms. The monoisotopic (exact) mass is 298 g/mol.